The Morgan fingerprint density at radius 2 is 2.08 bits per heavy atom. The topological polar surface area (TPSA) is 66.0 Å². The Morgan fingerprint density at radius 1 is 1.33 bits per heavy atom. The second kappa shape index (κ2) is 10.7. The van der Waals surface area contributed by atoms with Crippen LogP contribution >= 0.6 is 11.8 Å². The van der Waals surface area contributed by atoms with Gasteiger partial charge in [0, 0.05) is 38.5 Å². The van der Waals surface area contributed by atoms with Crippen molar-refractivity contribution in [3.63, 3.8) is 0 Å². The van der Waals surface area contributed by atoms with E-state index in [2.05, 4.69) is 22.5 Å². The molecule has 1 saturated heterocycles. The van der Waals surface area contributed by atoms with E-state index in [-0.39, 0.29) is 6.09 Å². The summed E-state index contributed by atoms with van der Waals surface area (Å²) < 4.78 is 5.46. The van der Waals surface area contributed by atoms with Crippen LogP contribution in [0.3, 0.4) is 0 Å². The Kier molecular flexibility index (Phi) is 9.33. The molecule has 1 aliphatic rings. The van der Waals surface area contributed by atoms with Crippen LogP contribution in [0.5, 0.6) is 0 Å². The molecule has 0 radical (unpaired) electrons. The molecular formula is C17H34N4O2S. The van der Waals surface area contributed by atoms with Gasteiger partial charge in [-0.1, -0.05) is 6.92 Å². The van der Waals surface area contributed by atoms with Gasteiger partial charge in [0.2, 0.25) is 0 Å². The Balaban J connectivity index is 2.35. The fourth-order valence-corrected chi connectivity index (χ4v) is 3.64. The van der Waals surface area contributed by atoms with Gasteiger partial charge in [0.25, 0.3) is 0 Å². The summed E-state index contributed by atoms with van der Waals surface area (Å²) >= 11 is 2.02. The molecule has 0 aliphatic carbocycles. The third kappa shape index (κ3) is 8.66. The summed E-state index contributed by atoms with van der Waals surface area (Å²) in [6, 6.07) is 0. The van der Waals surface area contributed by atoms with Gasteiger partial charge >= 0.3 is 6.09 Å². The molecule has 1 unspecified atom stereocenters. The fourth-order valence-electron chi connectivity index (χ4n) is 2.44. The highest BCUT2D eigenvalue weighted by Crippen LogP contribution is 2.25. The molecule has 1 aliphatic heterocycles. The number of aliphatic imine (C=N–C) groups is 1. The molecule has 0 spiro atoms. The van der Waals surface area contributed by atoms with Crippen LogP contribution < -0.4 is 10.6 Å². The van der Waals surface area contributed by atoms with E-state index >= 15 is 0 Å². The van der Waals surface area contributed by atoms with E-state index in [4.69, 9.17) is 4.74 Å². The van der Waals surface area contributed by atoms with Gasteiger partial charge in [-0.15, -0.1) is 0 Å². The van der Waals surface area contributed by atoms with Gasteiger partial charge in [-0.05, 0) is 45.8 Å². The van der Waals surface area contributed by atoms with E-state index < -0.39 is 5.60 Å². The number of hydrogen-bond donors (Lipinski definition) is 2. The molecule has 1 fully saturated rings. The van der Waals surface area contributed by atoms with Gasteiger partial charge in [-0.3, -0.25) is 4.99 Å². The van der Waals surface area contributed by atoms with Gasteiger partial charge in [0.1, 0.15) is 5.60 Å². The molecular weight excluding hydrogens is 324 g/mol. The van der Waals surface area contributed by atoms with E-state index in [0.717, 1.165) is 18.9 Å². The van der Waals surface area contributed by atoms with Crippen molar-refractivity contribution in [1.29, 1.82) is 0 Å². The second-order valence-electron chi connectivity index (χ2n) is 6.98. The summed E-state index contributed by atoms with van der Waals surface area (Å²) in [5, 5.41) is 7.33. The first-order valence-corrected chi connectivity index (χ1v) is 9.94. The van der Waals surface area contributed by atoms with Crippen molar-refractivity contribution in [2.75, 3.05) is 39.0 Å². The average molecular weight is 359 g/mol. The summed E-state index contributed by atoms with van der Waals surface area (Å²) in [5.74, 6) is 2.06. The third-order valence-corrected chi connectivity index (χ3v) is 4.96. The van der Waals surface area contributed by atoms with Crippen molar-refractivity contribution in [2.24, 2.45) is 4.99 Å². The van der Waals surface area contributed by atoms with Gasteiger partial charge < -0.3 is 20.3 Å². The minimum absolute atomic E-state index is 0.253. The van der Waals surface area contributed by atoms with Crippen LogP contribution in [0.1, 0.15) is 47.0 Å². The highest BCUT2D eigenvalue weighted by molar-refractivity contribution is 8.00. The fraction of sp³-hybridized carbons (Fsp3) is 0.882. The molecule has 1 heterocycles. The number of nitrogens with one attached hydrogen (secondary N) is 2. The molecule has 0 aromatic rings. The molecule has 1 rings (SSSR count). The molecule has 24 heavy (non-hydrogen) atoms. The number of carbonyl (C=O) groups excluding carboxylic acids is 1. The standard InChI is InChI=1S/C17H34N4O2S/c1-6-10-21(16(22)23-17(2,3)4)11-9-19-15(18-5)20-13-14-8-7-12-24-14/h14H,6-13H2,1-5H3,(H2,18,19,20). The van der Waals surface area contributed by atoms with E-state index in [0.29, 0.717) is 24.9 Å². The number of hydrogen-bond acceptors (Lipinski definition) is 4. The van der Waals surface area contributed by atoms with Gasteiger partial charge in [-0.2, -0.15) is 11.8 Å². The second-order valence-corrected chi connectivity index (χ2v) is 8.39. The van der Waals surface area contributed by atoms with Crippen LogP contribution in [-0.4, -0.2) is 66.8 Å². The minimum atomic E-state index is -0.465. The normalized spacial score (nSPS) is 18.4. The summed E-state index contributed by atoms with van der Waals surface area (Å²) in [4.78, 5) is 18.2. The summed E-state index contributed by atoms with van der Waals surface area (Å²) in [5.41, 5.74) is -0.465. The molecule has 6 nitrogen and oxygen atoms in total. The lowest BCUT2D eigenvalue weighted by atomic mass is 10.2. The lowest BCUT2D eigenvalue weighted by molar-refractivity contribution is 0.0253. The van der Waals surface area contributed by atoms with Crippen molar-refractivity contribution in [1.82, 2.24) is 15.5 Å². The predicted octanol–water partition coefficient (Wildman–Crippen LogP) is 2.69. The predicted molar refractivity (Wildman–Crippen MR) is 103 cm³/mol. The maximum absolute atomic E-state index is 12.2. The number of carbonyl (C=O) groups is 1. The van der Waals surface area contributed by atoms with E-state index in [1.54, 1.807) is 11.9 Å². The molecule has 0 aromatic heterocycles. The van der Waals surface area contributed by atoms with Crippen molar-refractivity contribution >= 4 is 23.8 Å². The van der Waals surface area contributed by atoms with E-state index in [1.807, 2.05) is 32.5 Å². The molecule has 2 N–H and O–H groups in total. The maximum Gasteiger partial charge on any atom is 0.410 e. The monoisotopic (exact) mass is 358 g/mol. The van der Waals surface area contributed by atoms with Crippen LogP contribution in [-0.2, 0) is 4.74 Å². The molecule has 140 valence electrons. The van der Waals surface area contributed by atoms with Crippen LogP contribution in [0.2, 0.25) is 0 Å². The van der Waals surface area contributed by atoms with E-state index in [1.165, 1.54) is 18.6 Å². The lowest BCUT2D eigenvalue weighted by Gasteiger charge is -2.27. The quantitative estimate of drug-likeness (QED) is 0.541. The van der Waals surface area contributed by atoms with E-state index in [9.17, 15) is 4.79 Å². The zero-order valence-electron chi connectivity index (χ0n) is 15.9. The molecule has 0 aromatic carbocycles. The van der Waals surface area contributed by atoms with Gasteiger partial charge in [-0.25, -0.2) is 4.79 Å². The zero-order chi connectivity index (χ0) is 18.0. The highest BCUT2D eigenvalue weighted by atomic mass is 32.2. The Hall–Kier alpha value is -1.11. The van der Waals surface area contributed by atoms with Crippen molar-refractivity contribution < 1.29 is 9.53 Å². The highest BCUT2D eigenvalue weighted by Gasteiger charge is 2.21. The molecule has 0 saturated carbocycles. The Bertz CT molecular complexity index is 404. The molecule has 7 heteroatoms. The first kappa shape index (κ1) is 20.9. The number of ether oxygens (including phenoxy) is 1. The average Bonchev–Trinajstić information content (AvgIpc) is 3.01. The third-order valence-electron chi connectivity index (χ3n) is 3.56. The van der Waals surface area contributed by atoms with Crippen LogP contribution in [0.4, 0.5) is 4.79 Å². The van der Waals surface area contributed by atoms with Crippen molar-refractivity contribution in [3.05, 3.63) is 0 Å². The molecule has 1 amide bonds. The molecule has 0 bridgehead atoms. The first-order chi connectivity index (χ1) is 11.4. The van der Waals surface area contributed by atoms with Crippen LogP contribution in [0.25, 0.3) is 0 Å². The van der Waals surface area contributed by atoms with Crippen LogP contribution in [0, 0.1) is 0 Å². The number of guanidine groups is 1. The Morgan fingerprint density at radius 3 is 2.62 bits per heavy atom. The lowest BCUT2D eigenvalue weighted by Crippen LogP contribution is -2.45. The minimum Gasteiger partial charge on any atom is -0.444 e. The zero-order valence-corrected chi connectivity index (χ0v) is 16.7. The largest absolute Gasteiger partial charge is 0.444 e. The van der Waals surface area contributed by atoms with Crippen LogP contribution in [0.15, 0.2) is 4.99 Å². The summed E-state index contributed by atoms with van der Waals surface area (Å²) in [7, 11) is 1.77. The number of thioether (sulfide) groups is 1. The Labute approximate surface area is 151 Å². The first-order valence-electron chi connectivity index (χ1n) is 8.89. The number of amides is 1. The van der Waals surface area contributed by atoms with Gasteiger partial charge in [0.15, 0.2) is 5.96 Å². The summed E-state index contributed by atoms with van der Waals surface area (Å²) in [6.45, 7) is 10.6. The summed E-state index contributed by atoms with van der Waals surface area (Å²) in [6.07, 6.45) is 3.24. The number of nitrogens with zero attached hydrogens (tertiary/aromatic N) is 2. The van der Waals surface area contributed by atoms with Crippen molar-refractivity contribution in [2.45, 2.75) is 57.8 Å². The maximum atomic E-state index is 12.2. The van der Waals surface area contributed by atoms with Crippen molar-refractivity contribution in [3.8, 4) is 0 Å². The van der Waals surface area contributed by atoms with Gasteiger partial charge in [0.05, 0.1) is 0 Å². The smallest absolute Gasteiger partial charge is 0.410 e. The molecule has 1 atom stereocenters. The SMILES string of the molecule is CCCN(CCNC(=NC)NCC1CCCS1)C(=O)OC(C)(C)C. The number of rotatable bonds is 7.